The van der Waals surface area contributed by atoms with Gasteiger partial charge in [0.1, 0.15) is 5.82 Å². The topological polar surface area (TPSA) is 75.9 Å². The van der Waals surface area contributed by atoms with E-state index in [4.69, 9.17) is 4.98 Å². The van der Waals surface area contributed by atoms with Gasteiger partial charge in [-0.05, 0) is 43.4 Å². The molecular formula is C27H30N6O. The summed E-state index contributed by atoms with van der Waals surface area (Å²) in [6.07, 6.45) is 6.00. The number of pyridine rings is 2. The van der Waals surface area contributed by atoms with Crippen molar-refractivity contribution in [2.24, 2.45) is 5.92 Å². The Morgan fingerprint density at radius 3 is 2.59 bits per heavy atom. The summed E-state index contributed by atoms with van der Waals surface area (Å²) in [4.78, 5) is 25.0. The fraction of sp³-hybridized carbons (Fsp3) is 0.333. The Morgan fingerprint density at radius 1 is 1.09 bits per heavy atom. The van der Waals surface area contributed by atoms with E-state index in [1.807, 2.05) is 60.3 Å². The van der Waals surface area contributed by atoms with Gasteiger partial charge >= 0.3 is 0 Å². The third-order valence-corrected chi connectivity index (χ3v) is 6.59. The van der Waals surface area contributed by atoms with Gasteiger partial charge in [0, 0.05) is 37.9 Å². The van der Waals surface area contributed by atoms with E-state index in [9.17, 15) is 4.79 Å². The maximum Gasteiger partial charge on any atom is 0.252 e. The molecule has 1 fully saturated rings. The number of nitrogens with zero attached hydrogens (tertiary/aromatic N) is 5. The normalized spacial score (nSPS) is 14.5. The van der Waals surface area contributed by atoms with E-state index < -0.39 is 0 Å². The van der Waals surface area contributed by atoms with Gasteiger partial charge in [-0.25, -0.2) is 14.6 Å². The first-order chi connectivity index (χ1) is 16.6. The van der Waals surface area contributed by atoms with Gasteiger partial charge in [-0.1, -0.05) is 43.3 Å². The quantitative estimate of drug-likeness (QED) is 0.458. The van der Waals surface area contributed by atoms with Crippen LogP contribution in [-0.2, 0) is 13.1 Å². The zero-order chi connectivity index (χ0) is 23.5. The molecule has 1 aliphatic rings. The monoisotopic (exact) mass is 454 g/mol. The van der Waals surface area contributed by atoms with Crippen LogP contribution >= 0.6 is 0 Å². The van der Waals surface area contributed by atoms with Gasteiger partial charge in [0.2, 0.25) is 0 Å². The van der Waals surface area contributed by atoms with Gasteiger partial charge in [-0.2, -0.15) is 5.10 Å². The van der Waals surface area contributed by atoms with Crippen molar-refractivity contribution in [3.8, 4) is 11.3 Å². The molecule has 0 unspecified atom stereocenters. The summed E-state index contributed by atoms with van der Waals surface area (Å²) in [5.74, 6) is 1.66. The van der Waals surface area contributed by atoms with Crippen LogP contribution in [0.3, 0.4) is 0 Å². The van der Waals surface area contributed by atoms with Crippen molar-refractivity contribution in [1.82, 2.24) is 25.1 Å². The number of fused-ring (bicyclic) bond motifs is 1. The van der Waals surface area contributed by atoms with Crippen LogP contribution in [0.5, 0.6) is 0 Å². The van der Waals surface area contributed by atoms with Crippen LogP contribution in [0, 0.1) is 5.92 Å². The minimum absolute atomic E-state index is 0.144. The fourth-order valence-corrected chi connectivity index (χ4v) is 4.45. The molecule has 0 aliphatic carbocycles. The molecule has 5 rings (SSSR count). The number of nitrogens with one attached hydrogen (secondary N) is 1. The highest BCUT2D eigenvalue weighted by atomic mass is 16.1. The van der Waals surface area contributed by atoms with Gasteiger partial charge in [0.05, 0.1) is 22.8 Å². The van der Waals surface area contributed by atoms with Gasteiger partial charge < -0.3 is 10.2 Å². The van der Waals surface area contributed by atoms with E-state index in [1.165, 1.54) is 12.8 Å². The SMILES string of the molecule is CCn1ncc2c(C(=O)NCc3ccc(N4CCC(C)CC4)nc3)cc(-c3ccccc3)nc21. The zero-order valence-corrected chi connectivity index (χ0v) is 19.7. The van der Waals surface area contributed by atoms with E-state index in [-0.39, 0.29) is 5.91 Å². The number of carbonyl (C=O) groups is 1. The molecule has 0 radical (unpaired) electrons. The summed E-state index contributed by atoms with van der Waals surface area (Å²) < 4.78 is 1.82. The summed E-state index contributed by atoms with van der Waals surface area (Å²) in [6.45, 7) is 7.53. The van der Waals surface area contributed by atoms with Crippen LogP contribution < -0.4 is 10.2 Å². The summed E-state index contributed by atoms with van der Waals surface area (Å²) in [6, 6.07) is 15.9. The molecule has 7 nitrogen and oxygen atoms in total. The van der Waals surface area contributed by atoms with Crippen molar-refractivity contribution in [3.05, 3.63) is 72.1 Å². The molecule has 0 atom stereocenters. The Morgan fingerprint density at radius 2 is 1.88 bits per heavy atom. The van der Waals surface area contributed by atoms with Crippen LogP contribution in [0.2, 0.25) is 0 Å². The lowest BCUT2D eigenvalue weighted by molar-refractivity contribution is 0.0952. The standard InChI is InChI=1S/C27H30N6O/c1-3-33-26-23(18-30-33)22(15-24(31-26)21-7-5-4-6-8-21)27(34)29-17-20-9-10-25(28-16-20)32-13-11-19(2)12-14-32/h4-10,15-16,18-19H,3,11-14,17H2,1-2H3,(H,29,34). The van der Waals surface area contributed by atoms with Gasteiger partial charge in [-0.3, -0.25) is 4.79 Å². The molecule has 1 N–H and O–H groups in total. The molecule has 1 aromatic carbocycles. The summed E-state index contributed by atoms with van der Waals surface area (Å²) in [5.41, 5.74) is 4.00. The molecule has 174 valence electrons. The van der Waals surface area contributed by atoms with Gasteiger partial charge in [0.25, 0.3) is 5.91 Å². The van der Waals surface area contributed by atoms with Gasteiger partial charge in [0.15, 0.2) is 5.65 Å². The molecule has 0 bridgehead atoms. The van der Waals surface area contributed by atoms with Crippen molar-refractivity contribution in [2.75, 3.05) is 18.0 Å². The Hall–Kier alpha value is -3.74. The molecule has 4 aromatic rings. The molecule has 7 heteroatoms. The number of anilines is 1. The molecular weight excluding hydrogens is 424 g/mol. The number of aryl methyl sites for hydroxylation is 1. The zero-order valence-electron chi connectivity index (χ0n) is 19.7. The summed E-state index contributed by atoms with van der Waals surface area (Å²) in [7, 11) is 0. The number of aromatic nitrogens is 4. The molecule has 1 amide bonds. The number of rotatable bonds is 6. The second-order valence-electron chi connectivity index (χ2n) is 9.00. The van der Waals surface area contributed by atoms with Gasteiger partial charge in [-0.15, -0.1) is 0 Å². The van der Waals surface area contributed by atoms with E-state index in [0.29, 0.717) is 18.7 Å². The minimum Gasteiger partial charge on any atom is -0.357 e. The third-order valence-electron chi connectivity index (χ3n) is 6.59. The van der Waals surface area contributed by atoms with Crippen molar-refractivity contribution >= 4 is 22.8 Å². The smallest absolute Gasteiger partial charge is 0.252 e. The lowest BCUT2D eigenvalue weighted by atomic mass is 9.99. The second-order valence-corrected chi connectivity index (χ2v) is 9.00. The first kappa shape index (κ1) is 22.1. The number of piperidine rings is 1. The number of hydrogen-bond acceptors (Lipinski definition) is 5. The lowest BCUT2D eigenvalue weighted by Gasteiger charge is -2.31. The maximum absolute atomic E-state index is 13.3. The molecule has 0 spiro atoms. The fourth-order valence-electron chi connectivity index (χ4n) is 4.45. The van der Waals surface area contributed by atoms with Crippen LogP contribution in [0.15, 0.2) is 60.9 Å². The van der Waals surface area contributed by atoms with E-state index >= 15 is 0 Å². The third kappa shape index (κ3) is 4.51. The Balaban J connectivity index is 1.35. The second kappa shape index (κ2) is 9.63. The largest absolute Gasteiger partial charge is 0.357 e. The average molecular weight is 455 g/mol. The Bertz CT molecular complexity index is 1270. The minimum atomic E-state index is -0.144. The predicted molar refractivity (Wildman–Crippen MR) is 135 cm³/mol. The van der Waals surface area contributed by atoms with Crippen molar-refractivity contribution < 1.29 is 4.79 Å². The Kier molecular flexibility index (Phi) is 6.25. The van der Waals surface area contributed by atoms with E-state index in [2.05, 4.69) is 33.3 Å². The molecule has 4 heterocycles. The molecule has 0 saturated carbocycles. The van der Waals surface area contributed by atoms with Crippen molar-refractivity contribution in [1.29, 1.82) is 0 Å². The molecule has 1 saturated heterocycles. The summed E-state index contributed by atoms with van der Waals surface area (Å²) >= 11 is 0. The highest BCUT2D eigenvalue weighted by molar-refractivity contribution is 6.06. The van der Waals surface area contributed by atoms with Crippen LogP contribution in [0.4, 0.5) is 5.82 Å². The molecule has 1 aliphatic heterocycles. The average Bonchev–Trinajstić information content (AvgIpc) is 3.31. The van der Waals surface area contributed by atoms with Crippen LogP contribution in [0.1, 0.15) is 42.6 Å². The first-order valence-corrected chi connectivity index (χ1v) is 12.0. The summed E-state index contributed by atoms with van der Waals surface area (Å²) in [5, 5.41) is 8.25. The highest BCUT2D eigenvalue weighted by Crippen LogP contribution is 2.25. The Labute approximate surface area is 199 Å². The van der Waals surface area contributed by atoms with Crippen LogP contribution in [0.25, 0.3) is 22.3 Å². The molecule has 3 aromatic heterocycles. The highest BCUT2D eigenvalue weighted by Gasteiger charge is 2.18. The van der Waals surface area contributed by atoms with Crippen LogP contribution in [-0.4, -0.2) is 38.7 Å². The van der Waals surface area contributed by atoms with E-state index in [1.54, 1.807) is 6.20 Å². The maximum atomic E-state index is 13.3. The number of benzene rings is 1. The number of hydrogen-bond donors (Lipinski definition) is 1. The number of carbonyl (C=O) groups excluding carboxylic acids is 1. The molecule has 34 heavy (non-hydrogen) atoms. The predicted octanol–water partition coefficient (Wildman–Crippen LogP) is 4.68. The van der Waals surface area contributed by atoms with Crippen molar-refractivity contribution in [3.63, 3.8) is 0 Å². The van der Waals surface area contributed by atoms with Crippen molar-refractivity contribution in [2.45, 2.75) is 39.8 Å². The lowest BCUT2D eigenvalue weighted by Crippen LogP contribution is -2.33. The number of amides is 1. The van der Waals surface area contributed by atoms with E-state index in [0.717, 1.165) is 52.7 Å². The first-order valence-electron chi connectivity index (χ1n) is 12.0.